The number of nitrogens with zero attached hydrogens (tertiary/aromatic N) is 2. The van der Waals surface area contributed by atoms with Gasteiger partial charge in [-0.1, -0.05) is 48.5 Å². The first-order chi connectivity index (χ1) is 16.4. The maximum absolute atomic E-state index is 12.7. The molecule has 0 amide bonds. The van der Waals surface area contributed by atoms with Crippen molar-refractivity contribution in [2.24, 2.45) is 0 Å². The van der Waals surface area contributed by atoms with Gasteiger partial charge >= 0.3 is 10.1 Å². The minimum atomic E-state index is -4.14. The minimum absolute atomic E-state index is 0.0455. The second-order valence-corrected chi connectivity index (χ2v) is 10.7. The van der Waals surface area contributed by atoms with Gasteiger partial charge in [0.25, 0.3) is 0 Å². The lowest BCUT2D eigenvalue weighted by Crippen LogP contribution is -2.23. The molecule has 1 N–H and O–H groups in total. The Balaban J connectivity index is 1.45. The predicted molar refractivity (Wildman–Crippen MR) is 135 cm³/mol. The van der Waals surface area contributed by atoms with E-state index in [0.29, 0.717) is 6.04 Å². The zero-order valence-electron chi connectivity index (χ0n) is 18.2. The van der Waals surface area contributed by atoms with Crippen molar-refractivity contribution in [2.75, 3.05) is 5.32 Å². The van der Waals surface area contributed by atoms with E-state index in [1.807, 2.05) is 24.4 Å². The van der Waals surface area contributed by atoms with E-state index in [2.05, 4.69) is 9.72 Å². The SMILES string of the molecule is O=S(=O)(Oc1ccc(-c2nc3ccccn3c2NC2CCCCC2)cc1)c1cc(Cl)ccc1Cl. The number of rotatable bonds is 6. The van der Waals surface area contributed by atoms with Crippen molar-refractivity contribution in [1.82, 2.24) is 9.38 Å². The van der Waals surface area contributed by atoms with Gasteiger partial charge in [0.05, 0.1) is 5.02 Å². The third-order valence-corrected chi connectivity index (χ3v) is 7.94. The average Bonchev–Trinajstić information content (AvgIpc) is 3.20. The molecule has 0 atom stereocenters. The second kappa shape index (κ2) is 9.49. The summed E-state index contributed by atoms with van der Waals surface area (Å²) in [6.07, 6.45) is 7.99. The van der Waals surface area contributed by atoms with Crippen LogP contribution in [0.3, 0.4) is 0 Å². The molecule has 0 bridgehead atoms. The number of imidazole rings is 1. The molecule has 34 heavy (non-hydrogen) atoms. The largest absolute Gasteiger partial charge is 0.379 e. The average molecular weight is 516 g/mol. The first-order valence-electron chi connectivity index (χ1n) is 11.1. The number of pyridine rings is 1. The van der Waals surface area contributed by atoms with Crippen molar-refractivity contribution >= 4 is 44.8 Å². The van der Waals surface area contributed by atoms with Crippen LogP contribution in [0.5, 0.6) is 5.75 Å². The van der Waals surface area contributed by atoms with Gasteiger partial charge in [0.15, 0.2) is 0 Å². The molecule has 1 saturated carbocycles. The molecule has 1 fully saturated rings. The van der Waals surface area contributed by atoms with Gasteiger partial charge in [0, 0.05) is 22.8 Å². The fraction of sp³-hybridized carbons (Fsp3) is 0.240. The summed E-state index contributed by atoms with van der Waals surface area (Å²) >= 11 is 12.0. The van der Waals surface area contributed by atoms with Gasteiger partial charge in [-0.25, -0.2) is 4.98 Å². The number of benzene rings is 2. The monoisotopic (exact) mass is 515 g/mol. The third kappa shape index (κ3) is 4.73. The molecule has 176 valence electrons. The molecular weight excluding hydrogens is 493 g/mol. The Kier molecular flexibility index (Phi) is 6.42. The Bertz CT molecular complexity index is 1430. The molecule has 9 heteroatoms. The Morgan fingerprint density at radius 2 is 1.74 bits per heavy atom. The van der Waals surface area contributed by atoms with Gasteiger partial charge in [-0.05, 0) is 67.4 Å². The van der Waals surface area contributed by atoms with Gasteiger partial charge in [0.2, 0.25) is 0 Å². The number of nitrogens with one attached hydrogen (secondary N) is 1. The van der Waals surface area contributed by atoms with Crippen LogP contribution in [0.15, 0.2) is 71.8 Å². The quantitative estimate of drug-likeness (QED) is 0.285. The van der Waals surface area contributed by atoms with Crippen LogP contribution >= 0.6 is 23.2 Å². The molecule has 0 radical (unpaired) electrons. The number of halogens is 2. The van der Waals surface area contributed by atoms with Crippen LogP contribution < -0.4 is 9.50 Å². The van der Waals surface area contributed by atoms with E-state index >= 15 is 0 Å². The van der Waals surface area contributed by atoms with Crippen molar-refractivity contribution < 1.29 is 12.6 Å². The summed E-state index contributed by atoms with van der Waals surface area (Å²) in [4.78, 5) is 4.65. The fourth-order valence-corrected chi connectivity index (χ4v) is 5.95. The molecule has 2 aromatic heterocycles. The van der Waals surface area contributed by atoms with Crippen molar-refractivity contribution in [1.29, 1.82) is 0 Å². The highest BCUT2D eigenvalue weighted by Crippen LogP contribution is 2.33. The number of aromatic nitrogens is 2. The Labute approximate surface area is 208 Å². The molecule has 2 heterocycles. The summed E-state index contributed by atoms with van der Waals surface area (Å²) in [5, 5.41) is 4.00. The van der Waals surface area contributed by atoms with Crippen LogP contribution in [-0.2, 0) is 10.1 Å². The summed E-state index contributed by atoms with van der Waals surface area (Å²) in [5.41, 5.74) is 2.51. The van der Waals surface area contributed by atoms with Crippen LogP contribution in [0, 0.1) is 0 Å². The van der Waals surface area contributed by atoms with Gasteiger partial charge in [-0.15, -0.1) is 0 Å². The molecule has 1 aliphatic rings. The van der Waals surface area contributed by atoms with Crippen molar-refractivity contribution in [3.05, 3.63) is 76.9 Å². The van der Waals surface area contributed by atoms with Crippen LogP contribution in [0.25, 0.3) is 16.9 Å². The molecule has 0 spiro atoms. The smallest absolute Gasteiger partial charge is 0.340 e. The Morgan fingerprint density at radius 1 is 0.971 bits per heavy atom. The molecule has 2 aromatic carbocycles. The lowest BCUT2D eigenvalue weighted by atomic mass is 9.95. The summed E-state index contributed by atoms with van der Waals surface area (Å²) in [6, 6.07) is 17.4. The molecule has 0 saturated heterocycles. The first-order valence-corrected chi connectivity index (χ1v) is 13.3. The molecule has 6 nitrogen and oxygen atoms in total. The number of hydrogen-bond donors (Lipinski definition) is 1. The highest BCUT2D eigenvalue weighted by molar-refractivity contribution is 7.87. The normalized spacial score (nSPS) is 14.9. The molecule has 1 aliphatic carbocycles. The van der Waals surface area contributed by atoms with Crippen LogP contribution in [0.2, 0.25) is 10.0 Å². The Hall–Kier alpha value is -2.74. The van der Waals surface area contributed by atoms with E-state index in [0.717, 1.165) is 35.6 Å². The number of hydrogen-bond acceptors (Lipinski definition) is 5. The van der Waals surface area contributed by atoms with Crippen molar-refractivity contribution in [2.45, 2.75) is 43.0 Å². The zero-order chi connectivity index (χ0) is 23.7. The van der Waals surface area contributed by atoms with E-state index in [1.54, 1.807) is 24.3 Å². The standard InChI is InChI=1S/C25H23Cl2N3O3S/c26-18-11-14-21(27)22(16-18)34(31,32)33-20-12-9-17(10-13-20)24-25(28-19-6-2-1-3-7-19)30-15-5-4-8-23(30)29-24/h4-5,8-16,19,28H,1-3,6-7H2. The zero-order valence-corrected chi connectivity index (χ0v) is 20.6. The van der Waals surface area contributed by atoms with Gasteiger partial charge in [-0.3, -0.25) is 4.40 Å². The lowest BCUT2D eigenvalue weighted by Gasteiger charge is -2.24. The van der Waals surface area contributed by atoms with Gasteiger partial charge in [-0.2, -0.15) is 8.42 Å². The molecule has 0 unspecified atom stereocenters. The summed E-state index contributed by atoms with van der Waals surface area (Å²) in [6.45, 7) is 0. The van der Waals surface area contributed by atoms with Gasteiger partial charge in [0.1, 0.15) is 27.8 Å². The second-order valence-electron chi connectivity index (χ2n) is 8.35. The predicted octanol–water partition coefficient (Wildman–Crippen LogP) is 6.82. The maximum Gasteiger partial charge on any atom is 0.340 e. The molecule has 4 aromatic rings. The van der Waals surface area contributed by atoms with E-state index in [4.69, 9.17) is 32.4 Å². The van der Waals surface area contributed by atoms with Crippen molar-refractivity contribution in [3.8, 4) is 17.0 Å². The van der Waals surface area contributed by atoms with E-state index in [-0.39, 0.29) is 20.7 Å². The third-order valence-electron chi connectivity index (χ3n) is 5.97. The number of fused-ring (bicyclic) bond motifs is 1. The van der Waals surface area contributed by atoms with Crippen LogP contribution in [0.1, 0.15) is 32.1 Å². The highest BCUT2D eigenvalue weighted by atomic mass is 35.5. The van der Waals surface area contributed by atoms with Gasteiger partial charge < -0.3 is 9.50 Å². The fourth-order valence-electron chi connectivity index (χ4n) is 4.28. The lowest BCUT2D eigenvalue weighted by molar-refractivity contribution is 0.462. The van der Waals surface area contributed by atoms with Crippen molar-refractivity contribution in [3.63, 3.8) is 0 Å². The topological polar surface area (TPSA) is 72.7 Å². The van der Waals surface area contributed by atoms with E-state index in [1.165, 1.54) is 37.5 Å². The highest BCUT2D eigenvalue weighted by Gasteiger charge is 2.22. The molecular formula is C25H23Cl2N3O3S. The summed E-state index contributed by atoms with van der Waals surface area (Å²) in [5.74, 6) is 1.11. The number of anilines is 1. The minimum Gasteiger partial charge on any atom is -0.379 e. The summed E-state index contributed by atoms with van der Waals surface area (Å²) < 4.78 is 32.8. The molecule has 0 aliphatic heterocycles. The van der Waals surface area contributed by atoms with Crippen LogP contribution in [-0.4, -0.2) is 23.8 Å². The first kappa shape index (κ1) is 23.0. The van der Waals surface area contributed by atoms with E-state index < -0.39 is 10.1 Å². The van der Waals surface area contributed by atoms with Crippen LogP contribution in [0.4, 0.5) is 5.82 Å². The summed E-state index contributed by atoms with van der Waals surface area (Å²) in [7, 11) is -4.14. The molecule has 5 rings (SSSR count). The van der Waals surface area contributed by atoms with E-state index in [9.17, 15) is 8.42 Å². The maximum atomic E-state index is 12.7. The Morgan fingerprint density at radius 3 is 2.50 bits per heavy atom.